The third-order valence-electron chi connectivity index (χ3n) is 3.95. The molecule has 0 spiro atoms. The molecule has 2 rings (SSSR count). The maximum Gasteiger partial charge on any atom is 0.129 e. The van der Waals surface area contributed by atoms with Crippen LogP contribution in [0.25, 0.3) is 0 Å². The summed E-state index contributed by atoms with van der Waals surface area (Å²) in [6, 6.07) is 4.07. The van der Waals surface area contributed by atoms with E-state index in [1.54, 1.807) is 6.26 Å². The zero-order valence-electron chi connectivity index (χ0n) is 13.5. The highest BCUT2D eigenvalue weighted by Crippen LogP contribution is 2.11. The van der Waals surface area contributed by atoms with Crippen LogP contribution >= 0.6 is 0 Å². The average Bonchev–Trinajstić information content (AvgIpc) is 2.95. The monoisotopic (exact) mass is 312 g/mol. The molecule has 0 bridgehead atoms. The van der Waals surface area contributed by atoms with Gasteiger partial charge in [0.25, 0.3) is 0 Å². The number of piperazine rings is 1. The van der Waals surface area contributed by atoms with Crippen molar-refractivity contribution in [3.05, 3.63) is 24.2 Å². The van der Waals surface area contributed by atoms with Crippen molar-refractivity contribution in [2.75, 3.05) is 39.3 Å². The normalized spacial score (nSPS) is 23.5. The van der Waals surface area contributed by atoms with Gasteiger partial charge in [0.05, 0.1) is 25.1 Å². The van der Waals surface area contributed by atoms with Crippen molar-refractivity contribution < 1.29 is 19.4 Å². The van der Waals surface area contributed by atoms with E-state index in [2.05, 4.69) is 16.7 Å². The fraction of sp³-hybridized carbons (Fsp3) is 0.750. The molecule has 22 heavy (non-hydrogen) atoms. The van der Waals surface area contributed by atoms with Gasteiger partial charge in [-0.1, -0.05) is 0 Å². The van der Waals surface area contributed by atoms with Crippen LogP contribution in [0.15, 0.2) is 22.8 Å². The Morgan fingerprint density at radius 1 is 1.36 bits per heavy atom. The Kier molecular flexibility index (Phi) is 6.85. The molecule has 0 saturated carbocycles. The smallest absolute Gasteiger partial charge is 0.129 e. The molecule has 0 amide bonds. The first kappa shape index (κ1) is 17.4. The van der Waals surface area contributed by atoms with Crippen molar-refractivity contribution in [1.29, 1.82) is 0 Å². The predicted molar refractivity (Wildman–Crippen MR) is 83.5 cm³/mol. The second-order valence-electron chi connectivity index (χ2n) is 6.20. The van der Waals surface area contributed by atoms with Crippen molar-refractivity contribution in [2.24, 2.45) is 0 Å². The lowest BCUT2D eigenvalue weighted by atomic mass is 10.1. The van der Waals surface area contributed by atoms with E-state index < -0.39 is 6.10 Å². The molecule has 2 heterocycles. The van der Waals surface area contributed by atoms with Crippen LogP contribution in [0.1, 0.15) is 19.6 Å². The van der Waals surface area contributed by atoms with Crippen LogP contribution in [0, 0.1) is 0 Å². The van der Waals surface area contributed by atoms with E-state index in [0.717, 1.165) is 25.4 Å². The third-order valence-corrected chi connectivity index (χ3v) is 3.95. The van der Waals surface area contributed by atoms with E-state index in [1.165, 1.54) is 0 Å². The molecule has 1 saturated heterocycles. The van der Waals surface area contributed by atoms with E-state index >= 15 is 0 Å². The summed E-state index contributed by atoms with van der Waals surface area (Å²) >= 11 is 0. The zero-order valence-corrected chi connectivity index (χ0v) is 13.5. The van der Waals surface area contributed by atoms with Gasteiger partial charge < -0.3 is 19.4 Å². The molecular weight excluding hydrogens is 284 g/mol. The number of rotatable bonds is 8. The molecule has 126 valence electrons. The minimum Gasteiger partial charge on any atom is -0.467 e. The lowest BCUT2D eigenvalue weighted by Gasteiger charge is -2.40. The van der Waals surface area contributed by atoms with E-state index in [0.29, 0.717) is 32.3 Å². The first-order valence-corrected chi connectivity index (χ1v) is 7.97. The highest BCUT2D eigenvalue weighted by Gasteiger charge is 2.25. The maximum absolute atomic E-state index is 10.1. The topological polar surface area (TPSA) is 69.3 Å². The van der Waals surface area contributed by atoms with Gasteiger partial charge in [-0.25, -0.2) is 0 Å². The van der Waals surface area contributed by atoms with Gasteiger partial charge in [0.15, 0.2) is 0 Å². The minimum absolute atomic E-state index is 0.297. The fourth-order valence-electron chi connectivity index (χ4n) is 2.89. The van der Waals surface area contributed by atoms with Crippen molar-refractivity contribution in [1.82, 2.24) is 9.80 Å². The summed E-state index contributed by atoms with van der Waals surface area (Å²) in [4.78, 5) is 4.55. The molecule has 6 nitrogen and oxygen atoms in total. The number of aliphatic hydroxyl groups is 2. The van der Waals surface area contributed by atoms with Crippen LogP contribution in [0.4, 0.5) is 0 Å². The van der Waals surface area contributed by atoms with Gasteiger partial charge >= 0.3 is 0 Å². The van der Waals surface area contributed by atoms with Crippen LogP contribution in [0.3, 0.4) is 0 Å². The summed E-state index contributed by atoms with van der Waals surface area (Å²) in [7, 11) is 0. The van der Waals surface area contributed by atoms with Gasteiger partial charge in [0, 0.05) is 38.8 Å². The standard InChI is InChI=1S/C16H28N2O4/c1-13-8-17(5-6-18(13)9-14(2)19)10-15(20)11-21-12-16-4-3-7-22-16/h3-4,7,13-15,19-20H,5-6,8-12H2,1-2H3/t13-,14-,15-/m0/s1. The van der Waals surface area contributed by atoms with Crippen LogP contribution in [-0.2, 0) is 11.3 Å². The van der Waals surface area contributed by atoms with Crippen molar-refractivity contribution in [3.63, 3.8) is 0 Å². The van der Waals surface area contributed by atoms with Crippen LogP contribution in [0.5, 0.6) is 0 Å². The van der Waals surface area contributed by atoms with Crippen LogP contribution < -0.4 is 0 Å². The van der Waals surface area contributed by atoms with Gasteiger partial charge in [-0.2, -0.15) is 0 Å². The van der Waals surface area contributed by atoms with Gasteiger partial charge in [-0.15, -0.1) is 0 Å². The molecule has 1 aromatic heterocycles. The molecule has 2 N–H and O–H groups in total. The molecular formula is C16H28N2O4. The Hall–Kier alpha value is -0.920. The van der Waals surface area contributed by atoms with E-state index in [4.69, 9.17) is 9.15 Å². The van der Waals surface area contributed by atoms with Crippen molar-refractivity contribution >= 4 is 0 Å². The van der Waals surface area contributed by atoms with E-state index in [-0.39, 0.29) is 6.10 Å². The third kappa shape index (κ3) is 5.70. The maximum atomic E-state index is 10.1. The minimum atomic E-state index is -0.495. The Bertz CT molecular complexity index is 410. The number of hydrogen-bond donors (Lipinski definition) is 2. The number of hydrogen-bond acceptors (Lipinski definition) is 6. The van der Waals surface area contributed by atoms with E-state index in [1.807, 2.05) is 19.1 Å². The molecule has 1 fully saturated rings. The van der Waals surface area contributed by atoms with Crippen LogP contribution in [0.2, 0.25) is 0 Å². The molecule has 1 aromatic rings. The molecule has 6 heteroatoms. The zero-order chi connectivity index (χ0) is 15.9. The average molecular weight is 312 g/mol. The highest BCUT2D eigenvalue weighted by atomic mass is 16.5. The first-order valence-electron chi connectivity index (χ1n) is 7.97. The molecule has 3 atom stereocenters. The molecule has 0 radical (unpaired) electrons. The largest absolute Gasteiger partial charge is 0.467 e. The molecule has 0 unspecified atom stereocenters. The molecule has 1 aliphatic rings. The quantitative estimate of drug-likeness (QED) is 0.730. The lowest BCUT2D eigenvalue weighted by Crippen LogP contribution is -2.54. The summed E-state index contributed by atoms with van der Waals surface area (Å²) < 4.78 is 10.6. The number of β-amino-alcohol motifs (C(OH)–C–C–N with tert-alkyl or cyclic N) is 2. The van der Waals surface area contributed by atoms with Crippen molar-refractivity contribution in [2.45, 2.75) is 38.7 Å². The second-order valence-corrected chi connectivity index (χ2v) is 6.20. The van der Waals surface area contributed by atoms with Gasteiger partial charge in [-0.3, -0.25) is 9.80 Å². The summed E-state index contributed by atoms with van der Waals surface area (Å²) in [5, 5.41) is 19.6. The summed E-state index contributed by atoms with van der Waals surface area (Å²) in [5.74, 6) is 0.771. The summed E-state index contributed by atoms with van der Waals surface area (Å²) in [6.45, 7) is 8.74. The Balaban J connectivity index is 1.64. The second kappa shape index (κ2) is 8.64. The van der Waals surface area contributed by atoms with E-state index in [9.17, 15) is 10.2 Å². The molecule has 0 aromatic carbocycles. The number of ether oxygens (including phenoxy) is 1. The summed E-state index contributed by atoms with van der Waals surface area (Å²) in [5.41, 5.74) is 0. The number of furan rings is 1. The first-order chi connectivity index (χ1) is 10.5. The van der Waals surface area contributed by atoms with Gasteiger partial charge in [0.1, 0.15) is 12.4 Å². The SMILES string of the molecule is C[C@H](O)CN1CCN(C[C@H](O)COCc2ccco2)C[C@@H]1C. The number of nitrogens with zero attached hydrogens (tertiary/aromatic N) is 2. The van der Waals surface area contributed by atoms with Crippen molar-refractivity contribution in [3.8, 4) is 0 Å². The highest BCUT2D eigenvalue weighted by molar-refractivity contribution is 4.96. The Labute approximate surface area is 132 Å². The number of aliphatic hydroxyl groups excluding tert-OH is 2. The molecule has 0 aliphatic carbocycles. The van der Waals surface area contributed by atoms with Crippen LogP contribution in [-0.4, -0.2) is 77.6 Å². The van der Waals surface area contributed by atoms with Gasteiger partial charge in [-0.05, 0) is 26.0 Å². The summed E-state index contributed by atoms with van der Waals surface area (Å²) in [6.07, 6.45) is 0.823. The van der Waals surface area contributed by atoms with Gasteiger partial charge in [0.2, 0.25) is 0 Å². The predicted octanol–water partition coefficient (Wildman–Crippen LogP) is 0.544. The molecule has 1 aliphatic heterocycles. The fourth-order valence-corrected chi connectivity index (χ4v) is 2.89. The lowest BCUT2D eigenvalue weighted by molar-refractivity contribution is -0.0142. The Morgan fingerprint density at radius 2 is 2.18 bits per heavy atom. The Morgan fingerprint density at radius 3 is 2.82 bits per heavy atom.